The number of nitrogens with one attached hydrogen (secondary N) is 2. The number of sulfone groups is 1. The molecular weight excluding hydrogens is 510 g/mol. The number of para-hydroxylation sites is 1. The molecule has 4 rings (SSSR count). The van der Waals surface area contributed by atoms with E-state index in [1.807, 2.05) is 4.57 Å². The third-order valence-electron chi connectivity index (χ3n) is 5.86. The van der Waals surface area contributed by atoms with Crippen LogP contribution in [0.1, 0.15) is 16.8 Å². The lowest BCUT2D eigenvalue weighted by Gasteiger charge is -2.11. The number of carbonyl (C=O) groups is 1. The number of hydrogen-bond acceptors (Lipinski definition) is 3. The molecule has 0 saturated carbocycles. The van der Waals surface area contributed by atoms with Gasteiger partial charge in [-0.2, -0.15) is 13.2 Å². The summed E-state index contributed by atoms with van der Waals surface area (Å²) in [5, 5.41) is 5.35. The Morgan fingerprint density at radius 1 is 0.946 bits per heavy atom. The molecule has 11 heteroatoms. The van der Waals surface area contributed by atoms with Gasteiger partial charge in [-0.15, -0.1) is 0 Å². The van der Waals surface area contributed by atoms with Gasteiger partial charge in [-0.05, 0) is 55.0 Å². The van der Waals surface area contributed by atoms with Gasteiger partial charge >= 0.3 is 12.2 Å². The van der Waals surface area contributed by atoms with E-state index in [9.17, 15) is 30.8 Å². The van der Waals surface area contributed by atoms with Crippen LogP contribution < -0.4 is 10.6 Å². The normalized spacial score (nSPS) is 12.0. The summed E-state index contributed by atoms with van der Waals surface area (Å²) in [4.78, 5) is 12.3. The van der Waals surface area contributed by atoms with Gasteiger partial charge in [0.05, 0.1) is 16.2 Å². The van der Waals surface area contributed by atoms with E-state index < -0.39 is 33.4 Å². The number of rotatable bonds is 7. The number of amides is 2. The number of benzene rings is 3. The van der Waals surface area contributed by atoms with Crippen LogP contribution in [0.5, 0.6) is 0 Å². The molecule has 0 radical (unpaired) electrons. The summed E-state index contributed by atoms with van der Waals surface area (Å²) in [5.74, 6) is -0.755. The number of aromatic nitrogens is 1. The second-order valence-electron chi connectivity index (χ2n) is 8.42. The summed E-state index contributed by atoms with van der Waals surface area (Å²) in [6.07, 6.45) is -4.49. The Morgan fingerprint density at radius 2 is 1.59 bits per heavy atom. The lowest BCUT2D eigenvalue weighted by Crippen LogP contribution is -2.33. The Labute approximate surface area is 210 Å². The van der Waals surface area contributed by atoms with Crippen LogP contribution >= 0.6 is 0 Å². The van der Waals surface area contributed by atoms with Crippen molar-refractivity contribution in [2.75, 3.05) is 17.6 Å². The summed E-state index contributed by atoms with van der Waals surface area (Å²) in [6, 6.07) is 16.2. The summed E-state index contributed by atoms with van der Waals surface area (Å²) >= 11 is 0. The first kappa shape index (κ1) is 26.2. The average molecular weight is 534 g/mol. The molecule has 0 fully saturated rings. The summed E-state index contributed by atoms with van der Waals surface area (Å²) in [5.41, 5.74) is 1.30. The van der Waals surface area contributed by atoms with Crippen LogP contribution in [0.3, 0.4) is 0 Å². The molecule has 6 nitrogen and oxygen atoms in total. The molecule has 0 aliphatic heterocycles. The van der Waals surface area contributed by atoms with Crippen LogP contribution in [0.2, 0.25) is 0 Å². The van der Waals surface area contributed by atoms with Crippen molar-refractivity contribution in [3.8, 4) is 0 Å². The second-order valence-corrected chi connectivity index (χ2v) is 10.5. The van der Waals surface area contributed by atoms with Gasteiger partial charge in [-0.3, -0.25) is 0 Å². The SMILES string of the molecule is Cc1c(S(=O)(=O)CCNC(=O)Nc2ccc(C(F)(F)F)cc2)c2ccccc2n1Cc1ccc(F)cc1. The molecule has 0 atom stereocenters. The molecule has 1 aromatic heterocycles. The summed E-state index contributed by atoms with van der Waals surface area (Å²) < 4.78 is 79.8. The Bertz CT molecular complexity index is 1530. The molecule has 3 aromatic carbocycles. The van der Waals surface area contributed by atoms with Crippen molar-refractivity contribution in [2.45, 2.75) is 24.5 Å². The standard InChI is InChI=1S/C26H23F4N3O3S/c1-17-24(22-4-2-3-5-23(22)33(17)16-18-6-10-20(27)11-7-18)37(35,36)15-14-31-25(34)32-21-12-8-19(9-13-21)26(28,29)30/h2-13H,14-16H2,1H3,(H2,31,32,34). The lowest BCUT2D eigenvalue weighted by atomic mass is 10.2. The molecule has 0 unspecified atom stereocenters. The molecule has 194 valence electrons. The van der Waals surface area contributed by atoms with Gasteiger partial charge in [0.15, 0.2) is 9.84 Å². The van der Waals surface area contributed by atoms with Crippen LogP contribution in [0, 0.1) is 12.7 Å². The quantitative estimate of drug-likeness (QED) is 0.297. The largest absolute Gasteiger partial charge is 0.416 e. The minimum Gasteiger partial charge on any atom is -0.339 e. The Balaban J connectivity index is 1.47. The van der Waals surface area contributed by atoms with E-state index in [2.05, 4.69) is 10.6 Å². The number of urea groups is 1. The van der Waals surface area contributed by atoms with Gasteiger partial charge in [0, 0.05) is 35.4 Å². The van der Waals surface area contributed by atoms with Crippen molar-refractivity contribution in [1.82, 2.24) is 9.88 Å². The van der Waals surface area contributed by atoms with Crippen LogP contribution in [-0.2, 0) is 22.6 Å². The maximum atomic E-state index is 13.3. The topological polar surface area (TPSA) is 80.2 Å². The third-order valence-corrected chi connectivity index (χ3v) is 7.74. The second kappa shape index (κ2) is 10.3. The Hall–Kier alpha value is -3.86. The molecule has 1 heterocycles. The highest BCUT2D eigenvalue weighted by Crippen LogP contribution is 2.32. The Morgan fingerprint density at radius 3 is 2.24 bits per heavy atom. The molecular formula is C26H23F4N3O3S. The van der Waals surface area contributed by atoms with E-state index in [0.717, 1.165) is 29.8 Å². The zero-order chi connectivity index (χ0) is 26.8. The molecule has 2 N–H and O–H groups in total. The zero-order valence-electron chi connectivity index (χ0n) is 19.6. The number of hydrogen-bond donors (Lipinski definition) is 2. The maximum absolute atomic E-state index is 13.3. The number of fused-ring (bicyclic) bond motifs is 1. The van der Waals surface area contributed by atoms with Crippen molar-refractivity contribution in [2.24, 2.45) is 0 Å². The van der Waals surface area contributed by atoms with Gasteiger partial charge in [0.25, 0.3) is 0 Å². The van der Waals surface area contributed by atoms with Crippen molar-refractivity contribution in [3.63, 3.8) is 0 Å². The van der Waals surface area contributed by atoms with Gasteiger partial charge in [0.1, 0.15) is 5.82 Å². The molecule has 0 spiro atoms. The Kier molecular flexibility index (Phi) is 7.26. The molecule has 0 saturated heterocycles. The summed E-state index contributed by atoms with van der Waals surface area (Å²) in [7, 11) is -3.83. The van der Waals surface area contributed by atoms with E-state index in [-0.39, 0.29) is 22.9 Å². The van der Waals surface area contributed by atoms with Crippen LogP contribution in [0.15, 0.2) is 77.7 Å². The van der Waals surface area contributed by atoms with Crippen LogP contribution in [-0.4, -0.2) is 31.3 Å². The highest BCUT2D eigenvalue weighted by Gasteiger charge is 2.30. The minimum absolute atomic E-state index is 0.132. The maximum Gasteiger partial charge on any atom is 0.416 e. The lowest BCUT2D eigenvalue weighted by molar-refractivity contribution is -0.137. The van der Waals surface area contributed by atoms with Crippen LogP contribution in [0.25, 0.3) is 10.9 Å². The zero-order valence-corrected chi connectivity index (χ0v) is 20.5. The number of alkyl halides is 3. The first-order chi connectivity index (χ1) is 17.5. The highest BCUT2D eigenvalue weighted by atomic mass is 32.2. The average Bonchev–Trinajstić information content (AvgIpc) is 3.12. The fraction of sp³-hybridized carbons (Fsp3) is 0.192. The monoisotopic (exact) mass is 533 g/mol. The molecule has 0 aliphatic rings. The van der Waals surface area contributed by atoms with Gasteiger partial charge in [-0.25, -0.2) is 17.6 Å². The smallest absolute Gasteiger partial charge is 0.339 e. The predicted molar refractivity (Wildman–Crippen MR) is 133 cm³/mol. The van der Waals surface area contributed by atoms with Crippen molar-refractivity contribution in [1.29, 1.82) is 0 Å². The summed E-state index contributed by atoms with van der Waals surface area (Å²) in [6.45, 7) is 1.82. The third kappa shape index (κ3) is 5.93. The van der Waals surface area contributed by atoms with Crippen molar-refractivity contribution < 1.29 is 30.8 Å². The van der Waals surface area contributed by atoms with E-state index in [1.165, 1.54) is 12.1 Å². The van der Waals surface area contributed by atoms with E-state index in [1.54, 1.807) is 43.3 Å². The molecule has 4 aromatic rings. The number of anilines is 1. The number of carbonyl (C=O) groups excluding carboxylic acids is 1. The molecule has 2 amide bonds. The number of nitrogens with zero attached hydrogens (tertiary/aromatic N) is 1. The van der Waals surface area contributed by atoms with E-state index in [4.69, 9.17) is 0 Å². The fourth-order valence-corrected chi connectivity index (χ4v) is 5.73. The molecule has 0 aliphatic carbocycles. The fourth-order valence-electron chi connectivity index (χ4n) is 4.09. The highest BCUT2D eigenvalue weighted by molar-refractivity contribution is 7.91. The van der Waals surface area contributed by atoms with Gasteiger partial charge in [0.2, 0.25) is 0 Å². The minimum atomic E-state index is -4.49. The van der Waals surface area contributed by atoms with Crippen molar-refractivity contribution >= 4 is 32.5 Å². The van der Waals surface area contributed by atoms with E-state index >= 15 is 0 Å². The van der Waals surface area contributed by atoms with Gasteiger partial charge in [-0.1, -0.05) is 30.3 Å². The van der Waals surface area contributed by atoms with Gasteiger partial charge < -0.3 is 15.2 Å². The molecule has 0 bridgehead atoms. The van der Waals surface area contributed by atoms with Crippen molar-refractivity contribution in [3.05, 3.63) is 95.4 Å². The van der Waals surface area contributed by atoms with E-state index in [0.29, 0.717) is 23.1 Å². The predicted octanol–water partition coefficient (Wildman–Crippen LogP) is 5.75. The first-order valence-corrected chi connectivity index (χ1v) is 12.9. The number of halogens is 4. The first-order valence-electron chi connectivity index (χ1n) is 11.2. The van der Waals surface area contributed by atoms with Crippen LogP contribution in [0.4, 0.5) is 28.0 Å². The molecule has 37 heavy (non-hydrogen) atoms.